The summed E-state index contributed by atoms with van der Waals surface area (Å²) < 4.78 is 41.3. The zero-order chi connectivity index (χ0) is 42.8. The molecule has 3 fully saturated rings. The van der Waals surface area contributed by atoms with E-state index in [0.29, 0.717) is 31.2 Å². The molecule has 0 radical (unpaired) electrons. The number of fused-ring (bicyclic) bond motifs is 1. The Morgan fingerprint density at radius 2 is 1.81 bits per heavy atom. The highest BCUT2D eigenvalue weighted by Gasteiger charge is 2.44. The maximum atomic E-state index is 14.0. The largest absolute Gasteiger partial charge is 0.455 e. The fourth-order valence-corrected chi connectivity index (χ4v) is 10.7. The Kier molecular flexibility index (Phi) is 12.0. The lowest BCUT2D eigenvalue weighted by molar-refractivity contribution is -0.384. The second-order valence-electron chi connectivity index (χ2n) is 17.1. The summed E-state index contributed by atoms with van der Waals surface area (Å²) in [5, 5.41) is 16.8. The van der Waals surface area contributed by atoms with Crippen LogP contribution in [-0.2, 0) is 14.8 Å². The van der Waals surface area contributed by atoms with E-state index in [1.165, 1.54) is 41.7 Å². The second-order valence-corrected chi connectivity index (χ2v) is 19.2. The summed E-state index contributed by atoms with van der Waals surface area (Å²) in [6.07, 6.45) is 11.7. The van der Waals surface area contributed by atoms with Crippen LogP contribution in [0.3, 0.4) is 0 Å². The minimum Gasteiger partial charge on any atom is -0.455 e. The van der Waals surface area contributed by atoms with Crippen molar-refractivity contribution in [1.82, 2.24) is 19.6 Å². The summed E-state index contributed by atoms with van der Waals surface area (Å²) in [5.41, 5.74) is 5.67. The van der Waals surface area contributed by atoms with Crippen molar-refractivity contribution >= 4 is 61.2 Å². The van der Waals surface area contributed by atoms with Crippen LogP contribution in [0.4, 0.5) is 17.1 Å². The third kappa shape index (κ3) is 9.17. The number of benzene rings is 3. The van der Waals surface area contributed by atoms with E-state index in [0.717, 1.165) is 93.4 Å². The SMILES string of the molecule is O=C(NS(=O)(=O)c1ccc(NCC2CCOCC2)c([N+](=O)[O-])c1)c1ccc(N2CCC3(CCN(CC4=C(c5ccc(Cl)cc5)CCCC4)C3)C2)cc1Oc1cnc2[nH]ccc2c1. The molecule has 16 heteroatoms. The predicted molar refractivity (Wildman–Crippen MR) is 240 cm³/mol. The van der Waals surface area contributed by atoms with E-state index in [1.54, 1.807) is 30.6 Å². The molecule has 3 saturated heterocycles. The molecule has 1 spiro atoms. The van der Waals surface area contributed by atoms with Crippen LogP contribution in [-0.4, -0.2) is 86.6 Å². The van der Waals surface area contributed by atoms with Gasteiger partial charge in [-0.3, -0.25) is 19.8 Å². The number of nitrogens with one attached hydrogen (secondary N) is 3. The molecule has 5 heterocycles. The highest BCUT2D eigenvalue weighted by atomic mass is 35.5. The Hall–Kier alpha value is -5.48. The van der Waals surface area contributed by atoms with Gasteiger partial charge in [0.25, 0.3) is 21.6 Å². The van der Waals surface area contributed by atoms with Gasteiger partial charge >= 0.3 is 0 Å². The number of H-pyrrole nitrogens is 1. The van der Waals surface area contributed by atoms with Gasteiger partial charge in [0.2, 0.25) is 0 Å². The number of likely N-dealkylation sites (tertiary alicyclic amines) is 1. The van der Waals surface area contributed by atoms with Crippen molar-refractivity contribution in [3.8, 4) is 11.5 Å². The molecular weight excluding hydrogens is 830 g/mol. The molecule has 14 nitrogen and oxygen atoms in total. The number of aromatic nitrogens is 2. The minimum atomic E-state index is -4.55. The number of nitro groups is 1. The Morgan fingerprint density at radius 1 is 1.00 bits per heavy atom. The average molecular weight is 880 g/mol. The van der Waals surface area contributed by atoms with Crippen LogP contribution < -0.4 is 19.7 Å². The number of amides is 1. The number of nitro benzene ring substituents is 1. The van der Waals surface area contributed by atoms with Gasteiger partial charge in [-0.15, -0.1) is 0 Å². The van der Waals surface area contributed by atoms with E-state index in [1.807, 2.05) is 24.3 Å². The number of hydrogen-bond acceptors (Lipinski definition) is 11. The monoisotopic (exact) mass is 879 g/mol. The van der Waals surface area contributed by atoms with Gasteiger partial charge in [-0.1, -0.05) is 29.3 Å². The first-order valence-electron chi connectivity index (χ1n) is 21.4. The fourth-order valence-electron chi connectivity index (χ4n) is 9.57. The lowest BCUT2D eigenvalue weighted by Gasteiger charge is -2.28. The maximum absolute atomic E-state index is 14.0. The number of allylic oxidation sites excluding steroid dienone is 1. The van der Waals surface area contributed by atoms with Gasteiger partial charge in [0.1, 0.15) is 22.8 Å². The van der Waals surface area contributed by atoms with Gasteiger partial charge in [-0.2, -0.15) is 0 Å². The van der Waals surface area contributed by atoms with Crippen LogP contribution in [0.25, 0.3) is 16.6 Å². The molecule has 62 heavy (non-hydrogen) atoms. The van der Waals surface area contributed by atoms with Crippen LogP contribution >= 0.6 is 11.6 Å². The van der Waals surface area contributed by atoms with E-state index >= 15 is 0 Å². The van der Waals surface area contributed by atoms with E-state index in [4.69, 9.17) is 21.1 Å². The highest BCUT2D eigenvalue weighted by molar-refractivity contribution is 7.90. The topological polar surface area (TPSA) is 172 Å². The Balaban J connectivity index is 0.930. The van der Waals surface area contributed by atoms with Gasteiger partial charge in [0, 0.05) is 85.8 Å². The summed E-state index contributed by atoms with van der Waals surface area (Å²) in [6.45, 7) is 6.39. The normalized spacial score (nSPS) is 20.0. The van der Waals surface area contributed by atoms with Crippen LogP contribution in [0.2, 0.25) is 5.02 Å². The van der Waals surface area contributed by atoms with E-state index in [-0.39, 0.29) is 28.3 Å². The zero-order valence-corrected chi connectivity index (χ0v) is 36.0. The predicted octanol–water partition coefficient (Wildman–Crippen LogP) is 8.80. The molecule has 1 atom stereocenters. The maximum Gasteiger partial charge on any atom is 0.293 e. The molecule has 0 bridgehead atoms. The van der Waals surface area contributed by atoms with Gasteiger partial charge < -0.3 is 24.7 Å². The molecule has 1 amide bonds. The third-order valence-corrected chi connectivity index (χ3v) is 14.5. The van der Waals surface area contributed by atoms with Gasteiger partial charge in [-0.05, 0) is 123 Å². The van der Waals surface area contributed by atoms with Crippen molar-refractivity contribution in [1.29, 1.82) is 0 Å². The number of halogens is 1. The van der Waals surface area contributed by atoms with Crippen molar-refractivity contribution in [2.24, 2.45) is 11.3 Å². The first-order valence-corrected chi connectivity index (χ1v) is 23.2. The Morgan fingerprint density at radius 3 is 2.63 bits per heavy atom. The van der Waals surface area contributed by atoms with E-state index in [9.17, 15) is 23.3 Å². The number of aromatic amines is 1. The first-order chi connectivity index (χ1) is 30.0. The molecule has 3 aromatic carbocycles. The van der Waals surface area contributed by atoms with Gasteiger partial charge in [0.15, 0.2) is 0 Å². The van der Waals surface area contributed by atoms with Crippen molar-refractivity contribution < 1.29 is 27.6 Å². The van der Waals surface area contributed by atoms with Crippen LogP contribution in [0, 0.1) is 21.4 Å². The number of carbonyl (C=O) groups is 1. The molecule has 1 unspecified atom stereocenters. The smallest absolute Gasteiger partial charge is 0.293 e. The molecule has 1 aliphatic carbocycles. The quantitative estimate of drug-likeness (QED) is 0.0763. The van der Waals surface area contributed by atoms with Crippen molar-refractivity contribution in [3.63, 3.8) is 0 Å². The summed E-state index contributed by atoms with van der Waals surface area (Å²) in [6, 6.07) is 20.7. The molecule has 324 valence electrons. The molecule has 3 aliphatic heterocycles. The van der Waals surface area contributed by atoms with Crippen molar-refractivity contribution in [2.75, 3.05) is 62.7 Å². The molecule has 2 aromatic heterocycles. The summed E-state index contributed by atoms with van der Waals surface area (Å²) in [7, 11) is -4.55. The second kappa shape index (κ2) is 17.7. The van der Waals surface area contributed by atoms with Crippen molar-refractivity contribution in [3.05, 3.63) is 117 Å². The van der Waals surface area contributed by atoms with Crippen LogP contribution in [0.1, 0.15) is 67.3 Å². The highest BCUT2D eigenvalue weighted by Crippen LogP contribution is 2.44. The van der Waals surface area contributed by atoms with Gasteiger partial charge in [0.05, 0.1) is 21.6 Å². The Bertz CT molecular complexity index is 2630. The van der Waals surface area contributed by atoms with E-state index < -0.39 is 31.4 Å². The lowest BCUT2D eigenvalue weighted by atomic mass is 9.86. The summed E-state index contributed by atoms with van der Waals surface area (Å²) in [4.78, 5) is 37.4. The fraction of sp³-hybridized carbons (Fsp3) is 0.391. The summed E-state index contributed by atoms with van der Waals surface area (Å²) >= 11 is 6.22. The number of rotatable bonds is 13. The van der Waals surface area contributed by atoms with Crippen LogP contribution in [0.5, 0.6) is 11.5 Å². The molecule has 3 N–H and O–H groups in total. The Labute approximate surface area is 365 Å². The number of ether oxygens (including phenoxy) is 2. The molecule has 9 rings (SSSR count). The molecule has 5 aromatic rings. The molecular formula is C46H50ClN7O7S. The lowest BCUT2D eigenvalue weighted by Crippen LogP contribution is -2.32. The van der Waals surface area contributed by atoms with Crippen molar-refractivity contribution in [2.45, 2.75) is 56.3 Å². The van der Waals surface area contributed by atoms with Gasteiger partial charge in [-0.25, -0.2) is 18.1 Å². The number of sulfonamides is 1. The molecule has 4 aliphatic rings. The molecule has 0 saturated carbocycles. The number of nitrogens with zero attached hydrogens (tertiary/aromatic N) is 4. The number of hydrogen-bond donors (Lipinski definition) is 3. The first kappa shape index (κ1) is 41.9. The standard InChI is InChI=1S/C46H50ClN7O7S/c47-35-7-5-32(6-8-35)39-4-2-1-3-34(39)28-52-19-16-46(29-52)17-20-53(30-46)36-9-11-40(43(24-36)61-37-23-33-13-18-48-44(33)50-27-37)45(55)51-62(58,59)38-10-12-41(42(25-38)54(56)57)49-26-31-14-21-60-22-15-31/h5-13,18,23-25,27,31,49H,1-4,14-17,19-22,26,28-30H2,(H,48,50)(H,51,55). The zero-order valence-electron chi connectivity index (χ0n) is 34.4. The van der Waals surface area contributed by atoms with E-state index in [2.05, 4.69) is 41.9 Å². The summed E-state index contributed by atoms with van der Waals surface area (Å²) in [5.74, 6) is -0.145. The number of carbonyl (C=O) groups excluding carboxylic acids is 1. The third-order valence-electron chi connectivity index (χ3n) is 12.9. The average Bonchev–Trinajstić information content (AvgIpc) is 4.03. The van der Waals surface area contributed by atoms with Crippen LogP contribution in [0.15, 0.2) is 95.7 Å². The minimum absolute atomic E-state index is 0.0195. The number of pyridine rings is 1. The number of anilines is 2.